The smallest absolute Gasteiger partial charge is 0.397 e. The Labute approximate surface area is 113 Å². The molecule has 1 saturated carbocycles. The number of carbonyl (C=O) groups is 3. The Balaban J connectivity index is 2.61. The molecule has 0 aromatic carbocycles. The van der Waals surface area contributed by atoms with Gasteiger partial charge < -0.3 is 10.5 Å². The van der Waals surface area contributed by atoms with E-state index in [4.69, 9.17) is 10.5 Å². The summed E-state index contributed by atoms with van der Waals surface area (Å²) in [4.78, 5) is 35.8. The van der Waals surface area contributed by atoms with E-state index in [1.807, 2.05) is 6.92 Å². The lowest BCUT2D eigenvalue weighted by molar-refractivity contribution is -0.159. The SMILES string of the molecule is CCCCOC(=O)C(=O)N(C(N)=O)C1CCCCC1. The summed E-state index contributed by atoms with van der Waals surface area (Å²) in [5, 5.41) is 0. The highest BCUT2D eigenvalue weighted by Crippen LogP contribution is 2.22. The topological polar surface area (TPSA) is 89.7 Å². The predicted octanol–water partition coefficient (Wildman–Crippen LogP) is 1.57. The van der Waals surface area contributed by atoms with Gasteiger partial charge in [0.05, 0.1) is 6.61 Å². The molecule has 0 bridgehead atoms. The van der Waals surface area contributed by atoms with Crippen LogP contribution in [0.4, 0.5) is 4.79 Å². The summed E-state index contributed by atoms with van der Waals surface area (Å²) in [5.74, 6) is -1.92. The summed E-state index contributed by atoms with van der Waals surface area (Å²) in [6.07, 6.45) is 5.92. The Hall–Kier alpha value is -1.59. The van der Waals surface area contributed by atoms with Gasteiger partial charge >= 0.3 is 17.9 Å². The van der Waals surface area contributed by atoms with Crippen molar-refractivity contribution in [3.8, 4) is 0 Å². The van der Waals surface area contributed by atoms with Gasteiger partial charge in [-0.2, -0.15) is 0 Å². The number of imide groups is 1. The van der Waals surface area contributed by atoms with Crippen LogP contribution in [0.5, 0.6) is 0 Å². The van der Waals surface area contributed by atoms with E-state index < -0.39 is 17.9 Å². The fourth-order valence-corrected chi connectivity index (χ4v) is 2.25. The second kappa shape index (κ2) is 7.76. The highest BCUT2D eigenvalue weighted by molar-refractivity contribution is 6.35. The fraction of sp³-hybridized carbons (Fsp3) is 0.769. The van der Waals surface area contributed by atoms with Crippen molar-refractivity contribution in [3.05, 3.63) is 0 Å². The monoisotopic (exact) mass is 270 g/mol. The molecular formula is C13H22N2O4. The number of unbranched alkanes of at least 4 members (excludes halogenated alkanes) is 1. The zero-order valence-electron chi connectivity index (χ0n) is 11.4. The molecule has 0 aromatic heterocycles. The lowest BCUT2D eigenvalue weighted by Crippen LogP contribution is -2.51. The molecule has 1 fully saturated rings. The van der Waals surface area contributed by atoms with Crippen LogP contribution in [0.1, 0.15) is 51.9 Å². The Morgan fingerprint density at radius 3 is 2.37 bits per heavy atom. The summed E-state index contributed by atoms with van der Waals surface area (Å²) in [6.45, 7) is 2.14. The molecule has 2 N–H and O–H groups in total. The third-order valence-electron chi connectivity index (χ3n) is 3.30. The maximum Gasteiger partial charge on any atom is 0.397 e. The third kappa shape index (κ3) is 4.54. The van der Waals surface area contributed by atoms with Crippen LogP contribution in [0.15, 0.2) is 0 Å². The van der Waals surface area contributed by atoms with Crippen molar-refractivity contribution >= 4 is 17.9 Å². The van der Waals surface area contributed by atoms with Gasteiger partial charge in [-0.25, -0.2) is 9.59 Å². The zero-order chi connectivity index (χ0) is 14.3. The van der Waals surface area contributed by atoms with Crippen LogP contribution >= 0.6 is 0 Å². The number of ether oxygens (including phenoxy) is 1. The van der Waals surface area contributed by atoms with Gasteiger partial charge in [-0.15, -0.1) is 0 Å². The Morgan fingerprint density at radius 2 is 1.84 bits per heavy atom. The summed E-state index contributed by atoms with van der Waals surface area (Å²) >= 11 is 0. The minimum atomic E-state index is -0.988. The molecule has 0 aromatic rings. The number of urea groups is 1. The maximum atomic E-state index is 11.9. The first-order valence-corrected chi connectivity index (χ1v) is 6.87. The molecule has 0 radical (unpaired) electrons. The van der Waals surface area contributed by atoms with Crippen molar-refractivity contribution in [2.24, 2.45) is 5.73 Å². The average molecular weight is 270 g/mol. The lowest BCUT2D eigenvalue weighted by atomic mass is 9.94. The van der Waals surface area contributed by atoms with Crippen molar-refractivity contribution in [1.82, 2.24) is 4.90 Å². The molecule has 0 aliphatic heterocycles. The quantitative estimate of drug-likeness (QED) is 0.477. The van der Waals surface area contributed by atoms with Gasteiger partial charge in [0.1, 0.15) is 0 Å². The molecule has 0 atom stereocenters. The number of primary amides is 1. The highest BCUT2D eigenvalue weighted by Gasteiger charge is 2.34. The molecule has 108 valence electrons. The highest BCUT2D eigenvalue weighted by atomic mass is 16.5. The van der Waals surface area contributed by atoms with E-state index >= 15 is 0 Å². The van der Waals surface area contributed by atoms with Crippen LogP contribution in [0, 0.1) is 0 Å². The van der Waals surface area contributed by atoms with Gasteiger partial charge in [0.25, 0.3) is 0 Å². The van der Waals surface area contributed by atoms with E-state index in [2.05, 4.69) is 0 Å². The largest absolute Gasteiger partial charge is 0.459 e. The van der Waals surface area contributed by atoms with Gasteiger partial charge in [-0.05, 0) is 19.3 Å². The number of esters is 1. The standard InChI is InChI=1S/C13H22N2O4/c1-2-3-9-19-12(17)11(16)15(13(14)18)10-7-5-4-6-8-10/h10H,2-9H2,1H3,(H2,14,18). The lowest BCUT2D eigenvalue weighted by Gasteiger charge is -2.30. The molecule has 1 aliphatic carbocycles. The summed E-state index contributed by atoms with van der Waals surface area (Å²) < 4.78 is 4.83. The molecule has 6 nitrogen and oxygen atoms in total. The average Bonchev–Trinajstić information content (AvgIpc) is 2.39. The number of hydrogen-bond acceptors (Lipinski definition) is 4. The first-order valence-electron chi connectivity index (χ1n) is 6.87. The van der Waals surface area contributed by atoms with Crippen LogP contribution < -0.4 is 5.73 Å². The predicted molar refractivity (Wildman–Crippen MR) is 69.2 cm³/mol. The summed E-state index contributed by atoms with van der Waals surface area (Å²) in [7, 11) is 0. The van der Waals surface area contributed by atoms with Gasteiger partial charge in [-0.3, -0.25) is 9.69 Å². The van der Waals surface area contributed by atoms with Crippen LogP contribution in [0.25, 0.3) is 0 Å². The Morgan fingerprint density at radius 1 is 1.21 bits per heavy atom. The van der Waals surface area contributed by atoms with Gasteiger partial charge in [-0.1, -0.05) is 32.6 Å². The van der Waals surface area contributed by atoms with Crippen LogP contribution in [-0.4, -0.2) is 35.5 Å². The van der Waals surface area contributed by atoms with Gasteiger partial charge in [0.15, 0.2) is 0 Å². The zero-order valence-corrected chi connectivity index (χ0v) is 11.4. The fourth-order valence-electron chi connectivity index (χ4n) is 2.25. The van der Waals surface area contributed by atoms with Crippen molar-refractivity contribution in [1.29, 1.82) is 0 Å². The molecule has 3 amide bonds. The molecule has 6 heteroatoms. The van der Waals surface area contributed by atoms with E-state index in [9.17, 15) is 14.4 Å². The number of rotatable bonds is 4. The number of nitrogens with two attached hydrogens (primary N) is 1. The van der Waals surface area contributed by atoms with E-state index in [0.29, 0.717) is 19.3 Å². The molecule has 0 heterocycles. The third-order valence-corrected chi connectivity index (χ3v) is 3.30. The molecule has 0 unspecified atom stereocenters. The van der Waals surface area contributed by atoms with Gasteiger partial charge in [0.2, 0.25) is 0 Å². The Bertz CT molecular complexity index is 338. The molecule has 0 spiro atoms. The van der Waals surface area contributed by atoms with Crippen LogP contribution in [0.3, 0.4) is 0 Å². The second-order valence-electron chi connectivity index (χ2n) is 4.79. The first kappa shape index (κ1) is 15.5. The van der Waals surface area contributed by atoms with Crippen molar-refractivity contribution in [2.45, 2.75) is 57.9 Å². The number of hydrogen-bond donors (Lipinski definition) is 1. The van der Waals surface area contributed by atoms with Crippen molar-refractivity contribution in [2.75, 3.05) is 6.61 Å². The molecule has 0 saturated heterocycles. The van der Waals surface area contributed by atoms with Crippen molar-refractivity contribution in [3.63, 3.8) is 0 Å². The van der Waals surface area contributed by atoms with E-state index in [-0.39, 0.29) is 12.6 Å². The minimum absolute atomic E-state index is 0.193. The van der Waals surface area contributed by atoms with E-state index in [1.165, 1.54) is 0 Å². The minimum Gasteiger partial charge on any atom is -0.459 e. The van der Waals surface area contributed by atoms with E-state index in [0.717, 1.165) is 30.6 Å². The summed E-state index contributed by atoms with van der Waals surface area (Å²) in [6, 6.07) is -1.14. The Kier molecular flexibility index (Phi) is 6.32. The molecule has 1 rings (SSSR count). The summed E-state index contributed by atoms with van der Waals surface area (Å²) in [5.41, 5.74) is 5.22. The number of amides is 3. The molecule has 1 aliphatic rings. The number of nitrogens with zero attached hydrogens (tertiary/aromatic N) is 1. The molecule has 19 heavy (non-hydrogen) atoms. The molecular weight excluding hydrogens is 248 g/mol. The van der Waals surface area contributed by atoms with Crippen LogP contribution in [0.2, 0.25) is 0 Å². The van der Waals surface area contributed by atoms with E-state index in [1.54, 1.807) is 0 Å². The van der Waals surface area contributed by atoms with Crippen molar-refractivity contribution < 1.29 is 19.1 Å². The normalized spacial score (nSPS) is 15.8. The second-order valence-corrected chi connectivity index (χ2v) is 4.79. The van der Waals surface area contributed by atoms with Gasteiger partial charge in [0, 0.05) is 6.04 Å². The van der Waals surface area contributed by atoms with Crippen LogP contribution in [-0.2, 0) is 14.3 Å². The number of carbonyl (C=O) groups excluding carboxylic acids is 3. The maximum absolute atomic E-state index is 11.9. The first-order chi connectivity index (χ1) is 9.07.